The minimum atomic E-state index is 0.0776. The fourth-order valence-electron chi connectivity index (χ4n) is 4.98. The van der Waals surface area contributed by atoms with Crippen molar-refractivity contribution in [2.75, 3.05) is 65.4 Å². The number of amides is 2. The highest BCUT2D eigenvalue weighted by molar-refractivity contribution is 5.79. The zero-order chi connectivity index (χ0) is 33.7. The molecule has 0 aliphatic heterocycles. The van der Waals surface area contributed by atoms with Crippen LogP contribution in [0.15, 0.2) is 0 Å². The van der Waals surface area contributed by atoms with Crippen LogP contribution in [-0.2, 0) is 19.2 Å². The molecule has 0 aromatic rings. The molecule has 0 heterocycles. The first kappa shape index (κ1) is 43.1. The van der Waals surface area contributed by atoms with Crippen molar-refractivity contribution in [2.45, 2.75) is 124 Å². The first-order valence-corrected chi connectivity index (χ1v) is 18.0. The van der Waals surface area contributed by atoms with E-state index in [0.29, 0.717) is 103 Å². The van der Waals surface area contributed by atoms with Gasteiger partial charge in [-0.05, 0) is 76.5 Å². The van der Waals surface area contributed by atoms with Gasteiger partial charge < -0.3 is 31.9 Å². The van der Waals surface area contributed by atoms with Gasteiger partial charge in [0.1, 0.15) is 11.6 Å². The van der Waals surface area contributed by atoms with Crippen LogP contribution in [0, 0.1) is 11.8 Å². The molecule has 0 aromatic carbocycles. The molecule has 0 spiro atoms. The fourth-order valence-corrected chi connectivity index (χ4v) is 4.98. The van der Waals surface area contributed by atoms with Crippen LogP contribution in [-0.4, -0.2) is 98.6 Å². The van der Waals surface area contributed by atoms with Crippen LogP contribution in [0.2, 0.25) is 0 Å². The smallest absolute Gasteiger partial charge is 0.221 e. The summed E-state index contributed by atoms with van der Waals surface area (Å²) in [5.74, 6) is 1.76. The van der Waals surface area contributed by atoms with Gasteiger partial charge in [0.2, 0.25) is 11.8 Å². The van der Waals surface area contributed by atoms with E-state index in [-0.39, 0.29) is 23.4 Å². The Balaban J connectivity index is 4.60. The Morgan fingerprint density at radius 3 is 1.20 bits per heavy atom. The number of rotatable bonds is 32. The lowest BCUT2D eigenvalue weighted by molar-refractivity contribution is -0.122. The highest BCUT2D eigenvalue weighted by Gasteiger charge is 2.13. The Bertz CT molecular complexity index is 715. The van der Waals surface area contributed by atoms with Crippen molar-refractivity contribution in [1.82, 2.24) is 20.4 Å². The summed E-state index contributed by atoms with van der Waals surface area (Å²) in [4.78, 5) is 53.6. The standard InChI is InChI=1S/C35H70N6O4/c1-30(2)14-22-38-34(44)18-28-40(26-16-32(42)12-10-20-36)24-8-6-5-7-9-25-41(27-17-33(43)13-11-21-37)29-19-35(45)39-23-15-31(3)4/h30-31H,5-29,36-37H2,1-4H3,(H,38,44)(H,39,45). The number of unbranched alkanes of at least 4 members (excludes halogenated alkanes) is 4. The normalized spacial score (nSPS) is 11.6. The Labute approximate surface area is 275 Å². The quantitative estimate of drug-likeness (QED) is 0.0807. The van der Waals surface area contributed by atoms with Crippen LogP contribution in [0.5, 0.6) is 0 Å². The maximum atomic E-state index is 12.3. The monoisotopic (exact) mass is 639 g/mol. The molecule has 0 aliphatic carbocycles. The van der Waals surface area contributed by atoms with E-state index in [2.05, 4.69) is 48.1 Å². The van der Waals surface area contributed by atoms with Crippen molar-refractivity contribution < 1.29 is 19.2 Å². The summed E-state index contributed by atoms with van der Waals surface area (Å²) in [5.41, 5.74) is 11.1. The van der Waals surface area contributed by atoms with Crippen molar-refractivity contribution in [3.63, 3.8) is 0 Å². The van der Waals surface area contributed by atoms with Gasteiger partial charge in [-0.15, -0.1) is 0 Å². The third kappa shape index (κ3) is 29.3. The van der Waals surface area contributed by atoms with Gasteiger partial charge in [-0.1, -0.05) is 47.0 Å². The number of hydrogen-bond donors (Lipinski definition) is 4. The molecule has 2 amide bonds. The summed E-state index contributed by atoms with van der Waals surface area (Å²) >= 11 is 0. The minimum Gasteiger partial charge on any atom is -0.356 e. The molecule has 0 unspecified atom stereocenters. The lowest BCUT2D eigenvalue weighted by Crippen LogP contribution is -2.33. The summed E-state index contributed by atoms with van der Waals surface area (Å²) in [7, 11) is 0. The van der Waals surface area contributed by atoms with E-state index in [9.17, 15) is 19.2 Å². The first-order chi connectivity index (χ1) is 21.6. The number of carbonyl (C=O) groups is 4. The maximum Gasteiger partial charge on any atom is 0.221 e. The van der Waals surface area contributed by atoms with Gasteiger partial charge in [0.05, 0.1) is 0 Å². The molecule has 10 heteroatoms. The number of nitrogens with two attached hydrogens (primary N) is 2. The molecule has 264 valence electrons. The van der Waals surface area contributed by atoms with E-state index >= 15 is 0 Å². The van der Waals surface area contributed by atoms with Crippen molar-refractivity contribution >= 4 is 23.4 Å². The Kier molecular flexibility index (Phi) is 28.3. The molecule has 0 rings (SSSR count). The summed E-state index contributed by atoms with van der Waals surface area (Å²) < 4.78 is 0. The van der Waals surface area contributed by atoms with Crippen LogP contribution in [0.4, 0.5) is 0 Å². The van der Waals surface area contributed by atoms with Gasteiger partial charge in [-0.2, -0.15) is 0 Å². The largest absolute Gasteiger partial charge is 0.356 e. The van der Waals surface area contributed by atoms with Crippen LogP contribution < -0.4 is 22.1 Å². The third-order valence-corrected chi connectivity index (χ3v) is 8.08. The highest BCUT2D eigenvalue weighted by Crippen LogP contribution is 2.09. The minimum absolute atomic E-state index is 0.0776. The number of nitrogens with zero attached hydrogens (tertiary/aromatic N) is 2. The van der Waals surface area contributed by atoms with E-state index in [1.54, 1.807) is 0 Å². The molecule has 10 nitrogen and oxygen atoms in total. The molecule has 6 N–H and O–H groups in total. The van der Waals surface area contributed by atoms with Crippen molar-refractivity contribution in [3.8, 4) is 0 Å². The Hall–Kier alpha value is -1.88. The molecule has 0 fully saturated rings. The molecule has 0 saturated heterocycles. The van der Waals surface area contributed by atoms with Crippen molar-refractivity contribution in [1.29, 1.82) is 0 Å². The van der Waals surface area contributed by atoms with Gasteiger partial charge in [-0.25, -0.2) is 0 Å². The average Bonchev–Trinajstić information content (AvgIpc) is 2.99. The van der Waals surface area contributed by atoms with E-state index in [1.165, 1.54) is 0 Å². The number of ketones is 2. The molecule has 45 heavy (non-hydrogen) atoms. The molecule has 0 aromatic heterocycles. The summed E-state index contributed by atoms with van der Waals surface area (Å²) in [6, 6.07) is 0. The second-order valence-electron chi connectivity index (χ2n) is 13.4. The van der Waals surface area contributed by atoms with Crippen LogP contribution >= 0.6 is 0 Å². The van der Waals surface area contributed by atoms with E-state index in [0.717, 1.165) is 70.9 Å². The highest BCUT2D eigenvalue weighted by atomic mass is 16.2. The van der Waals surface area contributed by atoms with E-state index in [4.69, 9.17) is 11.5 Å². The lowest BCUT2D eigenvalue weighted by Gasteiger charge is -2.23. The second-order valence-corrected chi connectivity index (χ2v) is 13.4. The van der Waals surface area contributed by atoms with Crippen molar-refractivity contribution in [2.24, 2.45) is 23.3 Å². The molecule has 0 atom stereocenters. The average molecular weight is 639 g/mol. The SMILES string of the molecule is CC(C)CCNC(=O)CCN(CCCCCCCN(CCC(=O)CCCN)CCC(=O)NCCC(C)C)CCC(=O)CCCN. The predicted molar refractivity (Wildman–Crippen MR) is 186 cm³/mol. The molecular weight excluding hydrogens is 568 g/mol. The van der Waals surface area contributed by atoms with Gasteiger partial charge in [0, 0.05) is 77.8 Å². The van der Waals surface area contributed by atoms with Gasteiger partial charge in [-0.3, -0.25) is 19.2 Å². The number of hydrogen-bond acceptors (Lipinski definition) is 8. The molecule has 0 saturated carbocycles. The number of carbonyl (C=O) groups excluding carboxylic acids is 4. The van der Waals surface area contributed by atoms with Crippen LogP contribution in [0.1, 0.15) is 124 Å². The topological polar surface area (TPSA) is 151 Å². The lowest BCUT2D eigenvalue weighted by atomic mass is 10.1. The Morgan fingerprint density at radius 2 is 0.844 bits per heavy atom. The Morgan fingerprint density at radius 1 is 0.489 bits per heavy atom. The molecule has 0 aliphatic rings. The van der Waals surface area contributed by atoms with Crippen molar-refractivity contribution in [3.05, 3.63) is 0 Å². The second kappa shape index (κ2) is 29.5. The van der Waals surface area contributed by atoms with Gasteiger partial charge >= 0.3 is 0 Å². The van der Waals surface area contributed by atoms with E-state index in [1.807, 2.05) is 0 Å². The summed E-state index contributed by atoms with van der Waals surface area (Å²) in [6.45, 7) is 15.6. The van der Waals surface area contributed by atoms with Crippen LogP contribution in [0.25, 0.3) is 0 Å². The zero-order valence-corrected chi connectivity index (χ0v) is 29.5. The fraction of sp³-hybridized carbons (Fsp3) is 0.886. The maximum absolute atomic E-state index is 12.3. The van der Waals surface area contributed by atoms with Gasteiger partial charge in [0.25, 0.3) is 0 Å². The van der Waals surface area contributed by atoms with E-state index < -0.39 is 0 Å². The summed E-state index contributed by atoms with van der Waals surface area (Å²) in [5, 5.41) is 6.03. The summed E-state index contributed by atoms with van der Waals surface area (Å²) in [6.07, 6.45) is 11.7. The molecule has 0 bridgehead atoms. The first-order valence-electron chi connectivity index (χ1n) is 18.0. The van der Waals surface area contributed by atoms with Gasteiger partial charge in [0.15, 0.2) is 0 Å². The molecule has 0 radical (unpaired) electrons. The number of nitrogens with one attached hydrogen (secondary N) is 2. The zero-order valence-electron chi connectivity index (χ0n) is 29.5. The molecular formula is C35H70N6O4. The number of Topliss-reactive ketones (excluding diaryl/α,β-unsaturated/α-hetero) is 2. The third-order valence-electron chi connectivity index (χ3n) is 8.08. The predicted octanol–water partition coefficient (Wildman–Crippen LogP) is 4.04. The van der Waals surface area contributed by atoms with Crippen LogP contribution in [0.3, 0.4) is 0 Å².